The maximum Gasteiger partial charge on any atom is 0.257 e. The first-order valence-electron chi connectivity index (χ1n) is 6.41. The van der Waals surface area contributed by atoms with Crippen molar-refractivity contribution in [3.63, 3.8) is 0 Å². The van der Waals surface area contributed by atoms with Gasteiger partial charge in [0.2, 0.25) is 0 Å². The summed E-state index contributed by atoms with van der Waals surface area (Å²) < 4.78 is 1.67. The number of aliphatic hydroxyl groups is 1. The van der Waals surface area contributed by atoms with Gasteiger partial charge in [-0.05, 0) is 12.3 Å². The van der Waals surface area contributed by atoms with E-state index in [0.29, 0.717) is 18.7 Å². The van der Waals surface area contributed by atoms with Crippen LogP contribution in [0, 0.1) is 5.92 Å². The molecule has 0 radical (unpaired) electrons. The molecule has 0 unspecified atom stereocenters. The van der Waals surface area contributed by atoms with E-state index in [1.54, 1.807) is 15.8 Å². The summed E-state index contributed by atoms with van der Waals surface area (Å²) in [5.41, 5.74) is 0.762. The van der Waals surface area contributed by atoms with Crippen LogP contribution in [0.4, 0.5) is 0 Å². The molecule has 5 nitrogen and oxygen atoms in total. The minimum absolute atomic E-state index is 0.0229. The van der Waals surface area contributed by atoms with Crippen LogP contribution < -0.4 is 0 Å². The number of hydrogen-bond acceptors (Lipinski definition) is 3. The van der Waals surface area contributed by atoms with E-state index in [-0.39, 0.29) is 11.8 Å². The molecule has 0 atom stereocenters. The van der Waals surface area contributed by atoms with E-state index in [2.05, 4.69) is 5.10 Å². The highest BCUT2D eigenvalue weighted by molar-refractivity contribution is 5.95. The number of rotatable bonds is 3. The predicted molar refractivity (Wildman–Crippen MR) is 68.3 cm³/mol. The van der Waals surface area contributed by atoms with Gasteiger partial charge in [0.1, 0.15) is 5.60 Å². The maximum atomic E-state index is 12.3. The van der Waals surface area contributed by atoms with Crippen molar-refractivity contribution < 1.29 is 9.90 Å². The van der Waals surface area contributed by atoms with Crippen molar-refractivity contribution >= 4 is 5.91 Å². The number of amides is 1. The Morgan fingerprint density at radius 2 is 2.17 bits per heavy atom. The standard InChI is InChI=1S/C13H21N3O2/c1-5-11-10(6-15(4)14-11)12(17)16-7-13(18,8-16)9(2)3/h6,9,18H,5,7-8H2,1-4H3. The topological polar surface area (TPSA) is 58.4 Å². The minimum Gasteiger partial charge on any atom is -0.386 e. The predicted octanol–water partition coefficient (Wildman–Crippen LogP) is 0.825. The summed E-state index contributed by atoms with van der Waals surface area (Å²) in [6.45, 7) is 6.77. The molecular formula is C13H21N3O2. The van der Waals surface area contributed by atoms with Crippen LogP contribution in [0.5, 0.6) is 0 Å². The number of β-amino-alcohol motifs (C(OH)–C–C–N with tert-alkyl or cyclic N) is 1. The van der Waals surface area contributed by atoms with E-state index in [0.717, 1.165) is 12.1 Å². The number of carbonyl (C=O) groups is 1. The lowest BCUT2D eigenvalue weighted by atomic mass is 9.82. The summed E-state index contributed by atoms with van der Waals surface area (Å²) >= 11 is 0. The summed E-state index contributed by atoms with van der Waals surface area (Å²) in [5.74, 6) is 0.145. The van der Waals surface area contributed by atoms with Crippen LogP contribution in [0.2, 0.25) is 0 Å². The van der Waals surface area contributed by atoms with Crippen molar-refractivity contribution in [2.75, 3.05) is 13.1 Å². The molecule has 1 saturated heterocycles. The van der Waals surface area contributed by atoms with Gasteiger partial charge in [-0.2, -0.15) is 5.10 Å². The largest absolute Gasteiger partial charge is 0.386 e. The minimum atomic E-state index is -0.718. The van der Waals surface area contributed by atoms with Gasteiger partial charge in [-0.1, -0.05) is 20.8 Å². The molecule has 1 fully saturated rings. The zero-order valence-corrected chi connectivity index (χ0v) is 11.5. The molecule has 0 aliphatic carbocycles. The van der Waals surface area contributed by atoms with Gasteiger partial charge in [-0.15, -0.1) is 0 Å². The third kappa shape index (κ3) is 2.03. The van der Waals surface area contributed by atoms with Crippen molar-refractivity contribution in [3.8, 4) is 0 Å². The number of aryl methyl sites for hydroxylation is 2. The molecule has 0 bridgehead atoms. The third-order valence-corrected chi connectivity index (χ3v) is 3.76. The highest BCUT2D eigenvalue weighted by Gasteiger charge is 2.46. The molecule has 1 aliphatic heterocycles. The Morgan fingerprint density at radius 1 is 1.56 bits per heavy atom. The second-order valence-corrected chi connectivity index (χ2v) is 5.44. The second-order valence-electron chi connectivity index (χ2n) is 5.44. The van der Waals surface area contributed by atoms with Crippen LogP contribution in [0.3, 0.4) is 0 Å². The first-order chi connectivity index (χ1) is 8.37. The molecule has 1 aromatic rings. The van der Waals surface area contributed by atoms with E-state index >= 15 is 0 Å². The summed E-state index contributed by atoms with van der Waals surface area (Å²) in [4.78, 5) is 14.0. The summed E-state index contributed by atoms with van der Waals surface area (Å²) in [6, 6.07) is 0. The molecule has 0 aromatic carbocycles. The second kappa shape index (κ2) is 4.39. The Bertz CT molecular complexity index is 459. The van der Waals surface area contributed by atoms with E-state index < -0.39 is 5.60 Å². The molecule has 1 aromatic heterocycles. The van der Waals surface area contributed by atoms with E-state index in [9.17, 15) is 9.90 Å². The highest BCUT2D eigenvalue weighted by atomic mass is 16.3. The maximum absolute atomic E-state index is 12.3. The highest BCUT2D eigenvalue weighted by Crippen LogP contribution is 2.30. The first-order valence-corrected chi connectivity index (χ1v) is 6.41. The summed E-state index contributed by atoms with van der Waals surface area (Å²) in [6.07, 6.45) is 2.50. The molecule has 2 rings (SSSR count). The van der Waals surface area contributed by atoms with E-state index in [4.69, 9.17) is 0 Å². The molecule has 1 aliphatic rings. The molecule has 18 heavy (non-hydrogen) atoms. The van der Waals surface area contributed by atoms with Gasteiger partial charge in [0, 0.05) is 13.2 Å². The molecule has 1 amide bonds. The lowest BCUT2D eigenvalue weighted by Gasteiger charge is -2.49. The molecule has 5 heteroatoms. The van der Waals surface area contributed by atoms with Gasteiger partial charge in [-0.25, -0.2) is 0 Å². The van der Waals surface area contributed by atoms with Gasteiger partial charge in [0.25, 0.3) is 5.91 Å². The molecular weight excluding hydrogens is 230 g/mol. The zero-order valence-electron chi connectivity index (χ0n) is 11.5. The zero-order chi connectivity index (χ0) is 13.5. The average molecular weight is 251 g/mol. The Kier molecular flexibility index (Phi) is 3.19. The van der Waals surface area contributed by atoms with Gasteiger partial charge >= 0.3 is 0 Å². The average Bonchev–Trinajstić information content (AvgIpc) is 2.65. The Hall–Kier alpha value is -1.36. The van der Waals surface area contributed by atoms with Crippen molar-refractivity contribution in [2.45, 2.75) is 32.8 Å². The van der Waals surface area contributed by atoms with E-state index in [1.807, 2.05) is 27.8 Å². The Morgan fingerprint density at radius 3 is 2.67 bits per heavy atom. The quantitative estimate of drug-likeness (QED) is 0.865. The summed E-state index contributed by atoms with van der Waals surface area (Å²) in [5, 5.41) is 14.4. The van der Waals surface area contributed by atoms with Crippen LogP contribution >= 0.6 is 0 Å². The molecule has 0 saturated carbocycles. The number of aromatic nitrogens is 2. The smallest absolute Gasteiger partial charge is 0.257 e. The third-order valence-electron chi connectivity index (χ3n) is 3.76. The van der Waals surface area contributed by atoms with Crippen molar-refractivity contribution in [1.82, 2.24) is 14.7 Å². The summed E-state index contributed by atoms with van der Waals surface area (Å²) in [7, 11) is 1.82. The van der Waals surface area contributed by atoms with Crippen LogP contribution in [-0.2, 0) is 13.5 Å². The number of hydrogen-bond donors (Lipinski definition) is 1. The number of likely N-dealkylation sites (tertiary alicyclic amines) is 1. The molecule has 1 N–H and O–H groups in total. The van der Waals surface area contributed by atoms with Gasteiger partial charge in [0.05, 0.1) is 24.3 Å². The fraction of sp³-hybridized carbons (Fsp3) is 0.692. The Balaban J connectivity index is 2.10. The van der Waals surface area contributed by atoms with Crippen molar-refractivity contribution in [2.24, 2.45) is 13.0 Å². The van der Waals surface area contributed by atoms with Crippen LogP contribution in [0.1, 0.15) is 36.8 Å². The fourth-order valence-corrected chi connectivity index (χ4v) is 2.27. The molecule has 2 heterocycles. The number of carbonyl (C=O) groups excluding carboxylic acids is 1. The fourth-order valence-electron chi connectivity index (χ4n) is 2.27. The van der Waals surface area contributed by atoms with Crippen LogP contribution in [0.15, 0.2) is 6.20 Å². The van der Waals surface area contributed by atoms with E-state index in [1.165, 1.54) is 0 Å². The first kappa shape index (κ1) is 13.1. The van der Waals surface area contributed by atoms with Crippen molar-refractivity contribution in [1.29, 1.82) is 0 Å². The lowest BCUT2D eigenvalue weighted by Crippen LogP contribution is -2.66. The van der Waals surface area contributed by atoms with Gasteiger partial charge in [0.15, 0.2) is 0 Å². The van der Waals surface area contributed by atoms with Crippen molar-refractivity contribution in [3.05, 3.63) is 17.5 Å². The van der Waals surface area contributed by atoms with Gasteiger partial charge in [-0.3, -0.25) is 9.48 Å². The SMILES string of the molecule is CCc1nn(C)cc1C(=O)N1CC(O)(C(C)C)C1. The van der Waals surface area contributed by atoms with Crippen LogP contribution in [-0.4, -0.2) is 44.4 Å². The monoisotopic (exact) mass is 251 g/mol. The lowest BCUT2D eigenvalue weighted by molar-refractivity contribution is -0.110. The molecule has 0 spiro atoms. The molecule has 100 valence electrons. The normalized spacial score (nSPS) is 18.0. The van der Waals surface area contributed by atoms with Crippen LogP contribution in [0.25, 0.3) is 0 Å². The Labute approximate surface area is 107 Å². The number of nitrogens with zero attached hydrogens (tertiary/aromatic N) is 3. The van der Waals surface area contributed by atoms with Gasteiger partial charge < -0.3 is 10.0 Å².